The van der Waals surface area contributed by atoms with Crippen LogP contribution in [0, 0.1) is 0 Å². The second kappa shape index (κ2) is 90.0. The van der Waals surface area contributed by atoms with Crippen LogP contribution in [0.2, 0.25) is 0 Å². The van der Waals surface area contributed by atoms with Gasteiger partial charge in [-0.2, -0.15) is 0 Å². The monoisotopic (exact) mass is 1500 g/mol. The molecule has 536 valence electrons. The molecule has 0 aliphatic heterocycles. The Labute approximate surface area is 724 Å². The van der Waals surface area contributed by atoms with Gasteiger partial charge in [-0.15, -0.1) is 81.6 Å². The van der Waals surface area contributed by atoms with E-state index in [1.54, 1.807) is 85.0 Å². The molecule has 0 aliphatic rings. The van der Waals surface area contributed by atoms with E-state index in [1.807, 2.05) is 182 Å². The number of phenolic OH excluding ortho intramolecular Hbond substituents is 3. The first-order valence-corrected chi connectivity index (χ1v) is 31.2. The van der Waals surface area contributed by atoms with Crippen molar-refractivity contribution < 1.29 is 181 Å². The van der Waals surface area contributed by atoms with E-state index < -0.39 is 0 Å². The van der Waals surface area contributed by atoms with Crippen molar-refractivity contribution in [2.24, 2.45) is 0 Å². The van der Waals surface area contributed by atoms with Gasteiger partial charge in [-0.3, -0.25) is 0 Å². The zero-order chi connectivity index (χ0) is 69.9. The number of hydrogen-bond donors (Lipinski definition) is 3. The van der Waals surface area contributed by atoms with Crippen LogP contribution in [-0.4, -0.2) is 64.5 Å². The fourth-order valence-electron chi connectivity index (χ4n) is 6.96. The summed E-state index contributed by atoms with van der Waals surface area (Å²) >= 11 is 10.1. The maximum Gasteiger partial charge on any atom is 1.00 e. The molecule has 0 heterocycles. The van der Waals surface area contributed by atoms with Crippen LogP contribution in [0.5, 0.6) is 46.0 Å². The predicted octanol–water partition coefficient (Wildman–Crippen LogP) is 7.07. The van der Waals surface area contributed by atoms with Crippen molar-refractivity contribution in [3.63, 3.8) is 0 Å². The normalized spacial score (nSPS) is 8.10. The Balaban J connectivity index is -0.000000102. The van der Waals surface area contributed by atoms with Crippen LogP contribution >= 0.6 is 23.2 Å². The fourth-order valence-corrected chi connectivity index (χ4v) is 6.96. The van der Waals surface area contributed by atoms with E-state index in [0.717, 1.165) is 70.9 Å². The van der Waals surface area contributed by atoms with Gasteiger partial charge in [0.15, 0.2) is 0 Å². The third-order valence-electron chi connectivity index (χ3n) is 11.2. The van der Waals surface area contributed by atoms with Crippen LogP contribution in [0.15, 0.2) is 358 Å². The second-order valence-corrected chi connectivity index (χ2v) is 19.2. The van der Waals surface area contributed by atoms with E-state index in [-0.39, 0.29) is 162 Å². The van der Waals surface area contributed by atoms with E-state index in [9.17, 15) is 20.4 Å². The van der Waals surface area contributed by atoms with Gasteiger partial charge in [-0.05, 0) is 120 Å². The van der Waals surface area contributed by atoms with E-state index in [0.29, 0.717) is 68.3 Å². The number of aromatic hydroxyl groups is 3. The molecule has 17 heteroatoms. The number of hydrogen-bond acceptors (Lipinski definition) is 10. The summed E-state index contributed by atoms with van der Waals surface area (Å²) in [6.07, 6.45) is 25.6. The molecule has 0 bridgehead atoms. The number of para-hydroxylation sites is 8. The molecular formula is C86H107Cl3Na4O10. The molecule has 5 N–H and O–H groups in total. The molecule has 0 aliphatic carbocycles. The van der Waals surface area contributed by atoms with E-state index in [1.165, 1.54) is 23.3 Å². The first kappa shape index (κ1) is 121. The molecule has 0 saturated carbocycles. The minimum Gasteiger partial charge on any atom is -1.00 e. The topological polar surface area (TPSA) is 181 Å². The van der Waals surface area contributed by atoms with Crippen molar-refractivity contribution in [2.45, 2.75) is 53.4 Å². The second-order valence-electron chi connectivity index (χ2n) is 18.6. The average Bonchev–Trinajstić information content (AvgIpc) is 0.887. The molecule has 8 aromatic carbocycles. The van der Waals surface area contributed by atoms with Crippen molar-refractivity contribution >= 4 is 23.2 Å². The number of benzene rings is 8. The van der Waals surface area contributed by atoms with Crippen LogP contribution in [0.4, 0.5) is 0 Å². The molecule has 0 aromatic heterocycles. The zero-order valence-corrected chi connectivity index (χ0v) is 70.2. The third kappa shape index (κ3) is 67.5. The molecule has 8 rings (SSSR count). The molecule has 0 spiro atoms. The van der Waals surface area contributed by atoms with Gasteiger partial charge in [-0.1, -0.05) is 272 Å². The largest absolute Gasteiger partial charge is 1.00 e. The summed E-state index contributed by atoms with van der Waals surface area (Å²) in [6.45, 7) is 45.1. The van der Waals surface area contributed by atoms with E-state index >= 15 is 0 Å². The molecule has 0 amide bonds. The molecule has 0 fully saturated rings. The van der Waals surface area contributed by atoms with Crippen LogP contribution in [0.3, 0.4) is 0 Å². The molecule has 103 heavy (non-hydrogen) atoms. The molecule has 0 radical (unpaired) electrons. The maximum absolute atomic E-state index is 10.3. The first-order chi connectivity index (χ1) is 45.8. The summed E-state index contributed by atoms with van der Waals surface area (Å²) < 4.78 is 21.4. The van der Waals surface area contributed by atoms with Crippen molar-refractivity contribution in [3.8, 4) is 46.0 Å². The van der Waals surface area contributed by atoms with Gasteiger partial charge in [-0.25, -0.2) is 0 Å². The quantitative estimate of drug-likeness (QED) is 0.0288. The van der Waals surface area contributed by atoms with E-state index in [4.69, 9.17) is 42.1 Å². The van der Waals surface area contributed by atoms with Gasteiger partial charge >= 0.3 is 118 Å². The number of halogens is 3. The van der Waals surface area contributed by atoms with Crippen LogP contribution < -0.4 is 155 Å². The van der Waals surface area contributed by atoms with Gasteiger partial charge in [0.1, 0.15) is 66.7 Å². The molecule has 8 aromatic rings. The van der Waals surface area contributed by atoms with Crippen molar-refractivity contribution in [2.75, 3.05) is 38.2 Å². The Hall–Kier alpha value is -6.17. The standard InChI is InChI=1S/3C12H14O.4C9H10O.C6H6O.2C3H5Cl.2CH4.ClH.4Na.2H2O/c2*1-3-7-11-8-5-6-9-12(11)13-10-4-2;1-3-6-10-8-5-9-11(7-4-2)12(10)13;2*1-2-8-10-9-6-4-3-5-7-9;2*1-2-5-8-6-3-4-7-9(8)10;7-6-4-2-1-3-5-6;2*1-2-3-4;;;;;;;;;/h2*3-6,8-9H,1-2,7,10H2;3-5,8-9,13H,1-2,6-7H2;2*2-7H,1,8H2;2*2-4,6-7,10H,1,5H2;1-5,7H;2*2H,1,3H2;2*1H4;1H;;;;;2*1H2/q;;;;;;;;;;;;;4*+1;;/p-4. The molecule has 0 unspecified atom stereocenters. The predicted molar refractivity (Wildman–Crippen MR) is 421 cm³/mol. The molecule has 0 saturated heterocycles. The first-order valence-electron chi connectivity index (χ1n) is 30.1. The van der Waals surface area contributed by atoms with Gasteiger partial charge in [0.05, 0.1) is 0 Å². The maximum atomic E-state index is 10.3. The minimum atomic E-state index is 0. The fraction of sp³-hybridized carbons (Fsp3) is 0.163. The van der Waals surface area contributed by atoms with Crippen molar-refractivity contribution in [3.05, 3.63) is 391 Å². The zero-order valence-electron chi connectivity index (χ0n) is 59.9. The third-order valence-corrected chi connectivity index (χ3v) is 11.7. The van der Waals surface area contributed by atoms with Crippen molar-refractivity contribution in [1.82, 2.24) is 0 Å². The van der Waals surface area contributed by atoms with Crippen LogP contribution in [-0.2, 0) is 38.5 Å². The van der Waals surface area contributed by atoms with Crippen LogP contribution in [0.1, 0.15) is 48.2 Å². The Kier molecular flexibility index (Phi) is 106. The van der Waals surface area contributed by atoms with Gasteiger partial charge in [0, 0.05) is 11.8 Å². The summed E-state index contributed by atoms with van der Waals surface area (Å²) in [6, 6.07) is 63.9. The Morgan fingerprint density at radius 1 is 0.291 bits per heavy atom. The number of rotatable bonds is 26. The van der Waals surface area contributed by atoms with Crippen molar-refractivity contribution in [1.29, 1.82) is 0 Å². The minimum absolute atomic E-state index is 0. The Morgan fingerprint density at radius 3 is 0.767 bits per heavy atom. The summed E-state index contributed by atoms with van der Waals surface area (Å²) in [5, 5.41) is 38.4. The van der Waals surface area contributed by atoms with Gasteiger partial charge in [0.25, 0.3) is 0 Å². The number of allylic oxidation sites excluding steroid dienone is 8. The SMILES string of the molecule is C.C.C=CCCl.C=CCCl.C=CCOc1ccccc1.C=CCOc1ccccc1.C=CCOc1ccccc1CC=C.C=CCOc1ccccc1CC=C.C=CCc1cccc(CC=C)c1O.C=CCc1ccccc1O.C=CCc1ccccc1O.[Cl-].[Na+].[Na+].[Na+].[Na+].[O-]c1ccccc1.[OH-].[OH-]. The summed E-state index contributed by atoms with van der Waals surface area (Å²) in [4.78, 5) is 0. The van der Waals surface area contributed by atoms with E-state index in [2.05, 4.69) is 78.9 Å². The summed E-state index contributed by atoms with van der Waals surface area (Å²) in [7, 11) is 0. The summed E-state index contributed by atoms with van der Waals surface area (Å²) in [5.41, 5.74) is 6.04. The average molecular weight is 1500 g/mol. The molecule has 10 nitrogen and oxygen atoms in total. The number of alkyl halides is 2. The Morgan fingerprint density at radius 2 is 0.515 bits per heavy atom. The number of ether oxygens (including phenoxy) is 4. The summed E-state index contributed by atoms with van der Waals surface area (Å²) in [5.74, 6) is 5.88. The molecule has 0 atom stereocenters. The molecular weight excluding hydrogens is 1390 g/mol. The van der Waals surface area contributed by atoms with Crippen LogP contribution in [0.25, 0.3) is 0 Å². The Bertz CT molecular complexity index is 3120. The van der Waals surface area contributed by atoms with Gasteiger partial charge < -0.3 is 62.7 Å². The van der Waals surface area contributed by atoms with Gasteiger partial charge in [0.2, 0.25) is 0 Å². The smallest absolute Gasteiger partial charge is 1.00 e. The number of phenols is 3.